The Labute approximate surface area is 191 Å². The summed E-state index contributed by atoms with van der Waals surface area (Å²) in [6.07, 6.45) is -1.22. The number of hydrogen-bond donors (Lipinski definition) is 1. The second-order valence-corrected chi connectivity index (χ2v) is 7.89. The van der Waals surface area contributed by atoms with Gasteiger partial charge in [-0.05, 0) is 54.1 Å². The Morgan fingerprint density at radius 3 is 2.21 bits per heavy atom. The standard InChI is InChI=1S/C25H15ClF3N3O/c26-20-8-4-15(5-9-20)22-23(16-6-10-21(33)11-7-16)32-14-18(13-30-24(32)31-22)17-2-1-3-19(12-17)25(27,28)29/h1-14,33H. The molecule has 0 fully saturated rings. The van der Waals surface area contributed by atoms with Gasteiger partial charge in [0.15, 0.2) is 0 Å². The highest BCUT2D eigenvalue weighted by molar-refractivity contribution is 6.30. The van der Waals surface area contributed by atoms with Crippen LogP contribution in [0.15, 0.2) is 85.2 Å². The molecule has 0 radical (unpaired) electrons. The number of alkyl halides is 3. The fraction of sp³-hybridized carbons (Fsp3) is 0.0400. The number of benzene rings is 3. The molecule has 8 heteroatoms. The zero-order chi connectivity index (χ0) is 23.2. The van der Waals surface area contributed by atoms with Crippen LogP contribution in [0, 0.1) is 0 Å². The van der Waals surface area contributed by atoms with E-state index in [2.05, 4.69) is 9.97 Å². The molecule has 0 bridgehead atoms. The van der Waals surface area contributed by atoms with E-state index in [9.17, 15) is 18.3 Å². The number of imidazole rings is 1. The summed E-state index contributed by atoms with van der Waals surface area (Å²) in [5, 5.41) is 10.3. The van der Waals surface area contributed by atoms with Gasteiger partial charge in [0, 0.05) is 34.1 Å². The highest BCUT2D eigenvalue weighted by Crippen LogP contribution is 2.36. The average Bonchev–Trinajstić information content (AvgIpc) is 3.18. The van der Waals surface area contributed by atoms with Gasteiger partial charge in [0.05, 0.1) is 17.0 Å². The Kier molecular flexibility index (Phi) is 5.06. The maximum absolute atomic E-state index is 13.2. The summed E-state index contributed by atoms with van der Waals surface area (Å²) >= 11 is 6.04. The molecule has 2 heterocycles. The summed E-state index contributed by atoms with van der Waals surface area (Å²) < 4.78 is 41.4. The highest BCUT2D eigenvalue weighted by Gasteiger charge is 2.30. The van der Waals surface area contributed by atoms with Gasteiger partial charge < -0.3 is 5.11 Å². The number of hydrogen-bond acceptors (Lipinski definition) is 3. The number of aromatic hydroxyl groups is 1. The third-order valence-electron chi connectivity index (χ3n) is 5.26. The molecule has 5 aromatic rings. The van der Waals surface area contributed by atoms with Gasteiger partial charge in [-0.15, -0.1) is 0 Å². The van der Waals surface area contributed by atoms with Crippen LogP contribution >= 0.6 is 11.6 Å². The van der Waals surface area contributed by atoms with Crippen molar-refractivity contribution in [1.29, 1.82) is 0 Å². The summed E-state index contributed by atoms with van der Waals surface area (Å²) in [6.45, 7) is 0. The van der Waals surface area contributed by atoms with E-state index < -0.39 is 11.7 Å². The molecule has 0 amide bonds. The number of rotatable bonds is 3. The lowest BCUT2D eigenvalue weighted by Gasteiger charge is -2.10. The second-order valence-electron chi connectivity index (χ2n) is 7.45. The van der Waals surface area contributed by atoms with E-state index in [0.717, 1.165) is 23.3 Å². The van der Waals surface area contributed by atoms with E-state index in [4.69, 9.17) is 11.6 Å². The van der Waals surface area contributed by atoms with Crippen molar-refractivity contribution in [3.05, 3.63) is 95.8 Å². The van der Waals surface area contributed by atoms with Gasteiger partial charge in [0.1, 0.15) is 5.75 Å². The fourth-order valence-electron chi connectivity index (χ4n) is 3.66. The van der Waals surface area contributed by atoms with Crippen molar-refractivity contribution in [3.8, 4) is 39.4 Å². The lowest BCUT2D eigenvalue weighted by Crippen LogP contribution is -2.04. The van der Waals surface area contributed by atoms with E-state index in [1.54, 1.807) is 53.1 Å². The van der Waals surface area contributed by atoms with Crippen LogP contribution in [0.25, 0.3) is 39.4 Å². The van der Waals surface area contributed by atoms with Gasteiger partial charge in [-0.1, -0.05) is 35.9 Å². The van der Waals surface area contributed by atoms with Crippen LogP contribution < -0.4 is 0 Å². The van der Waals surface area contributed by atoms with Crippen molar-refractivity contribution in [1.82, 2.24) is 14.4 Å². The second kappa shape index (κ2) is 7.94. The average molecular weight is 466 g/mol. The molecular weight excluding hydrogens is 451 g/mol. The molecule has 3 aromatic carbocycles. The van der Waals surface area contributed by atoms with Gasteiger partial charge >= 0.3 is 6.18 Å². The molecule has 0 unspecified atom stereocenters. The Hall–Kier alpha value is -3.84. The maximum atomic E-state index is 13.2. The number of halogens is 4. The Morgan fingerprint density at radius 1 is 0.818 bits per heavy atom. The predicted molar refractivity (Wildman–Crippen MR) is 121 cm³/mol. The van der Waals surface area contributed by atoms with Crippen LogP contribution in [0.5, 0.6) is 5.75 Å². The Balaban J connectivity index is 1.74. The van der Waals surface area contributed by atoms with Gasteiger partial charge in [0.2, 0.25) is 5.78 Å². The summed E-state index contributed by atoms with van der Waals surface area (Å²) in [7, 11) is 0. The van der Waals surface area contributed by atoms with Crippen LogP contribution in [-0.4, -0.2) is 19.5 Å². The minimum Gasteiger partial charge on any atom is -0.508 e. The smallest absolute Gasteiger partial charge is 0.416 e. The first-order valence-corrected chi connectivity index (χ1v) is 10.3. The molecule has 0 spiro atoms. The van der Waals surface area contributed by atoms with E-state index in [0.29, 0.717) is 33.3 Å². The van der Waals surface area contributed by atoms with E-state index >= 15 is 0 Å². The van der Waals surface area contributed by atoms with Gasteiger partial charge in [-0.25, -0.2) is 9.97 Å². The predicted octanol–water partition coefficient (Wildman–Crippen LogP) is 7.11. The molecule has 5 rings (SSSR count). The fourth-order valence-corrected chi connectivity index (χ4v) is 3.79. The molecule has 164 valence electrons. The SMILES string of the molecule is Oc1ccc(-c2c(-c3ccc(Cl)cc3)nc3ncc(-c4cccc(C(F)(F)F)c4)cn23)cc1. The van der Waals surface area contributed by atoms with Crippen molar-refractivity contribution in [2.75, 3.05) is 0 Å². The molecule has 0 aliphatic heterocycles. The first-order valence-electron chi connectivity index (χ1n) is 9.91. The van der Waals surface area contributed by atoms with E-state index in [1.807, 2.05) is 12.1 Å². The van der Waals surface area contributed by atoms with Crippen molar-refractivity contribution < 1.29 is 18.3 Å². The number of aromatic nitrogens is 3. The molecule has 2 aromatic heterocycles. The zero-order valence-corrected chi connectivity index (χ0v) is 17.6. The van der Waals surface area contributed by atoms with Gasteiger partial charge in [-0.3, -0.25) is 4.40 Å². The first kappa shape index (κ1) is 21.0. The van der Waals surface area contributed by atoms with E-state index in [-0.39, 0.29) is 5.75 Å². The van der Waals surface area contributed by atoms with Crippen molar-refractivity contribution in [2.24, 2.45) is 0 Å². The number of phenols is 1. The topological polar surface area (TPSA) is 50.4 Å². The molecular formula is C25H15ClF3N3O. The lowest BCUT2D eigenvalue weighted by atomic mass is 10.0. The number of nitrogens with zero attached hydrogens (tertiary/aromatic N) is 3. The summed E-state index contributed by atoms with van der Waals surface area (Å²) in [5.41, 5.74) is 3.04. The Morgan fingerprint density at radius 2 is 1.52 bits per heavy atom. The normalized spacial score (nSPS) is 11.8. The lowest BCUT2D eigenvalue weighted by molar-refractivity contribution is -0.137. The van der Waals surface area contributed by atoms with Crippen LogP contribution in [0.2, 0.25) is 5.02 Å². The summed E-state index contributed by atoms with van der Waals surface area (Å²) in [4.78, 5) is 9.08. The highest BCUT2D eigenvalue weighted by atomic mass is 35.5. The molecule has 0 saturated carbocycles. The molecule has 0 atom stereocenters. The van der Waals surface area contributed by atoms with Crippen molar-refractivity contribution >= 4 is 17.4 Å². The van der Waals surface area contributed by atoms with E-state index in [1.165, 1.54) is 12.3 Å². The van der Waals surface area contributed by atoms with Gasteiger partial charge in [0.25, 0.3) is 0 Å². The first-order chi connectivity index (χ1) is 15.8. The molecule has 4 nitrogen and oxygen atoms in total. The summed E-state index contributed by atoms with van der Waals surface area (Å²) in [6, 6.07) is 18.9. The van der Waals surface area contributed by atoms with Gasteiger partial charge in [-0.2, -0.15) is 13.2 Å². The summed E-state index contributed by atoms with van der Waals surface area (Å²) in [5.74, 6) is 0.502. The van der Waals surface area contributed by atoms with Crippen LogP contribution in [-0.2, 0) is 6.18 Å². The molecule has 0 saturated heterocycles. The van der Waals surface area contributed by atoms with Crippen LogP contribution in [0.3, 0.4) is 0 Å². The maximum Gasteiger partial charge on any atom is 0.416 e. The van der Waals surface area contributed by atoms with Crippen LogP contribution in [0.1, 0.15) is 5.56 Å². The van der Waals surface area contributed by atoms with Crippen LogP contribution in [0.4, 0.5) is 13.2 Å². The molecule has 0 aliphatic carbocycles. The monoisotopic (exact) mass is 465 g/mol. The largest absolute Gasteiger partial charge is 0.508 e. The molecule has 33 heavy (non-hydrogen) atoms. The number of fused-ring (bicyclic) bond motifs is 1. The third kappa shape index (κ3) is 4.03. The quantitative estimate of drug-likeness (QED) is 0.309. The number of phenolic OH excluding ortho intramolecular Hbond substituents is 1. The molecule has 0 aliphatic rings. The third-order valence-corrected chi connectivity index (χ3v) is 5.51. The van der Waals surface area contributed by atoms with Crippen molar-refractivity contribution in [3.63, 3.8) is 0 Å². The zero-order valence-electron chi connectivity index (χ0n) is 16.9. The van der Waals surface area contributed by atoms with Crippen molar-refractivity contribution in [2.45, 2.75) is 6.18 Å². The molecule has 1 N–H and O–H groups in total. The minimum absolute atomic E-state index is 0.114. The Bertz CT molecular complexity index is 1460. The minimum atomic E-state index is -4.44.